The van der Waals surface area contributed by atoms with Crippen molar-refractivity contribution >= 4 is 11.9 Å². The summed E-state index contributed by atoms with van der Waals surface area (Å²) in [6.07, 6.45) is -5.08. The van der Waals surface area contributed by atoms with Gasteiger partial charge >= 0.3 is 12.1 Å². The zero-order chi connectivity index (χ0) is 15.2. The van der Waals surface area contributed by atoms with Gasteiger partial charge in [-0.2, -0.15) is 13.2 Å². The van der Waals surface area contributed by atoms with Crippen molar-refractivity contribution in [3.8, 4) is 5.75 Å². The van der Waals surface area contributed by atoms with Gasteiger partial charge in [0.1, 0.15) is 11.6 Å². The van der Waals surface area contributed by atoms with E-state index in [1.54, 1.807) is 0 Å². The van der Waals surface area contributed by atoms with E-state index < -0.39 is 23.9 Å². The van der Waals surface area contributed by atoms with Crippen LogP contribution < -0.4 is 10.5 Å². The highest BCUT2D eigenvalue weighted by Crippen LogP contribution is 2.18. The minimum atomic E-state index is -5.08. The second-order valence-electron chi connectivity index (χ2n) is 3.01. The molecule has 0 atom stereocenters. The lowest BCUT2D eigenvalue weighted by Crippen LogP contribution is -2.21. The molecular formula is C10H9F4NO4. The fraction of sp³-hybridized carbons (Fsp3) is 0.200. The quantitative estimate of drug-likeness (QED) is 0.806. The van der Waals surface area contributed by atoms with Gasteiger partial charge < -0.3 is 15.6 Å². The molecule has 0 heterocycles. The molecule has 1 amide bonds. The van der Waals surface area contributed by atoms with E-state index in [-0.39, 0.29) is 11.3 Å². The Bertz CT molecular complexity index is 473. The van der Waals surface area contributed by atoms with Crippen LogP contribution in [0.1, 0.15) is 10.4 Å². The average molecular weight is 283 g/mol. The summed E-state index contributed by atoms with van der Waals surface area (Å²) >= 11 is 0. The molecule has 3 N–H and O–H groups in total. The standard InChI is InChI=1S/C8H8FNO2.C2HF3O2/c1-12-7-3-2-5(9)4-6(7)8(10)11;3-2(4,5)1(6)7/h2-4H,1H3,(H2,10,11);(H,6,7). The van der Waals surface area contributed by atoms with E-state index in [2.05, 4.69) is 0 Å². The molecule has 0 spiro atoms. The second kappa shape index (κ2) is 6.57. The van der Waals surface area contributed by atoms with E-state index in [1.807, 2.05) is 0 Å². The largest absolute Gasteiger partial charge is 0.496 e. The molecule has 0 radical (unpaired) electrons. The lowest BCUT2D eigenvalue weighted by Gasteiger charge is -2.03. The number of hydrogen-bond acceptors (Lipinski definition) is 3. The lowest BCUT2D eigenvalue weighted by molar-refractivity contribution is -0.192. The molecule has 106 valence electrons. The normalized spacial score (nSPS) is 10.2. The maximum Gasteiger partial charge on any atom is 0.490 e. The smallest absolute Gasteiger partial charge is 0.490 e. The highest BCUT2D eigenvalue weighted by Gasteiger charge is 2.38. The minimum absolute atomic E-state index is 0.0532. The first kappa shape index (κ1) is 16.7. The number of aliphatic carboxylic acids is 1. The Morgan fingerprint density at radius 3 is 2.11 bits per heavy atom. The van der Waals surface area contributed by atoms with Crippen molar-refractivity contribution in [2.45, 2.75) is 6.18 Å². The average Bonchev–Trinajstić information content (AvgIpc) is 2.28. The number of carboxylic acid groups (broad SMARTS) is 1. The van der Waals surface area contributed by atoms with Gasteiger partial charge in [-0.1, -0.05) is 0 Å². The Kier molecular flexibility index (Phi) is 5.77. The van der Waals surface area contributed by atoms with E-state index in [0.717, 1.165) is 6.07 Å². The minimum Gasteiger partial charge on any atom is -0.496 e. The summed E-state index contributed by atoms with van der Waals surface area (Å²) < 4.78 is 49.1. The SMILES string of the molecule is COc1ccc(F)cc1C(N)=O.O=C(O)C(F)(F)F. The number of nitrogens with two attached hydrogens (primary N) is 1. The van der Waals surface area contributed by atoms with Gasteiger partial charge in [0.15, 0.2) is 0 Å². The monoisotopic (exact) mass is 283 g/mol. The summed E-state index contributed by atoms with van der Waals surface area (Å²) in [7, 11) is 1.39. The number of rotatable bonds is 2. The molecule has 0 saturated heterocycles. The third-order valence-electron chi connectivity index (χ3n) is 1.67. The number of primary amides is 1. The number of amides is 1. The molecule has 0 aliphatic rings. The van der Waals surface area contributed by atoms with Crippen molar-refractivity contribution < 1.29 is 37.0 Å². The summed E-state index contributed by atoms with van der Waals surface area (Å²) in [6, 6.07) is 3.60. The molecule has 0 aliphatic heterocycles. The molecule has 1 aromatic carbocycles. The van der Waals surface area contributed by atoms with Gasteiger partial charge in [-0.25, -0.2) is 9.18 Å². The summed E-state index contributed by atoms with van der Waals surface area (Å²) in [5.74, 6) is -3.69. The van der Waals surface area contributed by atoms with E-state index in [9.17, 15) is 22.4 Å². The fourth-order valence-corrected chi connectivity index (χ4v) is 0.873. The molecule has 1 rings (SSSR count). The molecule has 1 aromatic rings. The van der Waals surface area contributed by atoms with Crippen molar-refractivity contribution in [3.05, 3.63) is 29.6 Å². The van der Waals surface area contributed by atoms with E-state index in [4.69, 9.17) is 20.4 Å². The van der Waals surface area contributed by atoms with Crippen LogP contribution >= 0.6 is 0 Å². The van der Waals surface area contributed by atoms with Crippen LogP contribution in [-0.4, -0.2) is 30.3 Å². The fourth-order valence-electron chi connectivity index (χ4n) is 0.873. The number of carbonyl (C=O) groups is 2. The maximum absolute atomic E-state index is 12.6. The first-order valence-electron chi connectivity index (χ1n) is 4.53. The zero-order valence-corrected chi connectivity index (χ0v) is 9.49. The summed E-state index contributed by atoms with van der Waals surface area (Å²) in [6.45, 7) is 0. The molecule has 5 nitrogen and oxygen atoms in total. The van der Waals surface area contributed by atoms with E-state index in [1.165, 1.54) is 19.2 Å². The van der Waals surface area contributed by atoms with E-state index >= 15 is 0 Å². The summed E-state index contributed by atoms with van der Waals surface area (Å²) in [4.78, 5) is 19.6. The number of carboxylic acids is 1. The molecule has 0 saturated carbocycles. The Hall–Kier alpha value is -2.32. The van der Waals surface area contributed by atoms with Gasteiger partial charge in [0.25, 0.3) is 5.91 Å². The zero-order valence-electron chi connectivity index (χ0n) is 9.49. The maximum atomic E-state index is 12.6. The van der Waals surface area contributed by atoms with Crippen LogP contribution in [0, 0.1) is 5.82 Å². The Morgan fingerprint density at radius 2 is 1.79 bits per heavy atom. The van der Waals surface area contributed by atoms with Crippen LogP contribution in [0.2, 0.25) is 0 Å². The van der Waals surface area contributed by atoms with Crippen LogP contribution in [0.3, 0.4) is 0 Å². The number of carbonyl (C=O) groups excluding carboxylic acids is 1. The lowest BCUT2D eigenvalue weighted by atomic mass is 10.2. The molecule has 0 aromatic heterocycles. The molecular weight excluding hydrogens is 274 g/mol. The number of ether oxygens (including phenoxy) is 1. The molecule has 19 heavy (non-hydrogen) atoms. The van der Waals surface area contributed by atoms with Crippen molar-refractivity contribution in [3.63, 3.8) is 0 Å². The van der Waals surface area contributed by atoms with Crippen molar-refractivity contribution in [1.82, 2.24) is 0 Å². The number of methoxy groups -OCH3 is 1. The molecule has 9 heteroatoms. The van der Waals surface area contributed by atoms with Gasteiger partial charge in [0, 0.05) is 0 Å². The van der Waals surface area contributed by atoms with Crippen LogP contribution in [0.15, 0.2) is 18.2 Å². The van der Waals surface area contributed by atoms with E-state index in [0.29, 0.717) is 0 Å². The third-order valence-corrected chi connectivity index (χ3v) is 1.67. The summed E-state index contributed by atoms with van der Waals surface area (Å²) in [5.41, 5.74) is 5.03. The predicted octanol–water partition coefficient (Wildman–Crippen LogP) is 1.57. The third kappa shape index (κ3) is 5.70. The Labute approximate surface area is 104 Å². The first-order chi connectivity index (χ1) is 8.59. The van der Waals surface area contributed by atoms with Gasteiger partial charge in [-0.3, -0.25) is 4.79 Å². The number of halogens is 4. The molecule has 0 fully saturated rings. The topological polar surface area (TPSA) is 89.6 Å². The molecule has 0 aliphatic carbocycles. The van der Waals surface area contributed by atoms with Crippen LogP contribution in [0.25, 0.3) is 0 Å². The highest BCUT2D eigenvalue weighted by atomic mass is 19.4. The van der Waals surface area contributed by atoms with Crippen molar-refractivity contribution in [2.75, 3.05) is 7.11 Å². The number of hydrogen-bond donors (Lipinski definition) is 2. The first-order valence-corrected chi connectivity index (χ1v) is 4.53. The van der Waals surface area contributed by atoms with Crippen molar-refractivity contribution in [2.24, 2.45) is 5.73 Å². The van der Waals surface area contributed by atoms with Crippen LogP contribution in [-0.2, 0) is 4.79 Å². The van der Waals surface area contributed by atoms with Crippen LogP contribution in [0.5, 0.6) is 5.75 Å². The van der Waals surface area contributed by atoms with Crippen molar-refractivity contribution in [1.29, 1.82) is 0 Å². The van der Waals surface area contributed by atoms with Gasteiger partial charge in [0.05, 0.1) is 12.7 Å². The highest BCUT2D eigenvalue weighted by molar-refractivity contribution is 5.95. The van der Waals surface area contributed by atoms with Gasteiger partial charge in [0.2, 0.25) is 0 Å². The molecule has 0 unspecified atom stereocenters. The number of alkyl halides is 3. The Morgan fingerprint density at radius 1 is 1.32 bits per heavy atom. The second-order valence-corrected chi connectivity index (χ2v) is 3.01. The van der Waals surface area contributed by atoms with Gasteiger partial charge in [-0.15, -0.1) is 0 Å². The Balaban J connectivity index is 0.000000399. The number of benzene rings is 1. The molecule has 0 bridgehead atoms. The van der Waals surface area contributed by atoms with Gasteiger partial charge in [-0.05, 0) is 18.2 Å². The van der Waals surface area contributed by atoms with Crippen LogP contribution in [0.4, 0.5) is 17.6 Å². The predicted molar refractivity (Wildman–Crippen MR) is 55.2 cm³/mol. The summed E-state index contributed by atoms with van der Waals surface area (Å²) in [5, 5.41) is 7.12.